The molecule has 0 spiro atoms. The highest BCUT2D eigenvalue weighted by Gasteiger charge is 2.54. The Balaban J connectivity index is 0.00000180. The molecule has 0 amide bonds. The molecule has 9 heteroatoms. The molecule has 1 aromatic heterocycles. The second-order valence-corrected chi connectivity index (χ2v) is 4.38. The maximum absolute atomic E-state index is 13.8. The van der Waals surface area contributed by atoms with E-state index in [9.17, 15) is 14.3 Å². The van der Waals surface area contributed by atoms with Gasteiger partial charge in [0, 0.05) is 6.20 Å². The van der Waals surface area contributed by atoms with Crippen molar-refractivity contribution in [2.45, 2.75) is 31.0 Å². The molecular formula is C10H15ClFN3O4. The van der Waals surface area contributed by atoms with E-state index < -0.39 is 36.4 Å². The Bertz CT molecular complexity index is 510. The number of hydrogen-bond acceptors (Lipinski definition) is 6. The first-order chi connectivity index (χ1) is 8.37. The third-order valence-electron chi connectivity index (χ3n) is 2.97. The number of halogens is 2. The number of aliphatic hydroxyl groups excluding tert-OH is 1. The zero-order chi connectivity index (χ0) is 13.5. The SMILES string of the molecule is C[C@@]1(O)[C@H](F)[C@@H](CO)O[C@H]1n1ccc(N)nc1=O.Cl. The molecule has 0 aliphatic carbocycles. The maximum Gasteiger partial charge on any atom is 0.351 e. The molecule has 1 aromatic rings. The van der Waals surface area contributed by atoms with Gasteiger partial charge in [-0.1, -0.05) is 0 Å². The van der Waals surface area contributed by atoms with Gasteiger partial charge in [-0.2, -0.15) is 4.98 Å². The van der Waals surface area contributed by atoms with Crippen molar-refractivity contribution in [1.82, 2.24) is 9.55 Å². The van der Waals surface area contributed by atoms with E-state index in [1.165, 1.54) is 19.2 Å². The monoisotopic (exact) mass is 295 g/mol. The summed E-state index contributed by atoms with van der Waals surface area (Å²) < 4.78 is 19.9. The number of anilines is 1. The highest BCUT2D eigenvalue weighted by Crippen LogP contribution is 2.39. The topological polar surface area (TPSA) is 111 Å². The van der Waals surface area contributed by atoms with Crippen molar-refractivity contribution < 1.29 is 19.3 Å². The zero-order valence-corrected chi connectivity index (χ0v) is 10.9. The first kappa shape index (κ1) is 15.8. The fraction of sp³-hybridized carbons (Fsp3) is 0.600. The van der Waals surface area contributed by atoms with E-state index in [-0.39, 0.29) is 18.2 Å². The summed E-state index contributed by atoms with van der Waals surface area (Å²) in [6, 6.07) is 1.33. The predicted octanol–water partition coefficient (Wildman–Crippen LogP) is -0.774. The van der Waals surface area contributed by atoms with Crippen LogP contribution >= 0.6 is 12.4 Å². The van der Waals surface area contributed by atoms with Gasteiger partial charge in [0.25, 0.3) is 0 Å². The summed E-state index contributed by atoms with van der Waals surface area (Å²) in [5.41, 5.74) is 2.64. The fourth-order valence-corrected chi connectivity index (χ4v) is 1.97. The summed E-state index contributed by atoms with van der Waals surface area (Å²) in [5.74, 6) is 0.0180. The summed E-state index contributed by atoms with van der Waals surface area (Å²) in [7, 11) is 0. The molecule has 1 aliphatic rings. The quantitative estimate of drug-likeness (QED) is 0.660. The van der Waals surface area contributed by atoms with Crippen molar-refractivity contribution in [3.8, 4) is 0 Å². The number of nitrogen functional groups attached to an aromatic ring is 1. The molecule has 0 aromatic carbocycles. The van der Waals surface area contributed by atoms with Crippen molar-refractivity contribution >= 4 is 18.2 Å². The van der Waals surface area contributed by atoms with Crippen molar-refractivity contribution in [3.63, 3.8) is 0 Å². The molecule has 4 atom stereocenters. The Morgan fingerprint density at radius 2 is 2.32 bits per heavy atom. The lowest BCUT2D eigenvalue weighted by atomic mass is 9.98. The molecule has 0 unspecified atom stereocenters. The summed E-state index contributed by atoms with van der Waals surface area (Å²) in [6.45, 7) is 0.603. The van der Waals surface area contributed by atoms with Gasteiger partial charge in [-0.25, -0.2) is 9.18 Å². The summed E-state index contributed by atoms with van der Waals surface area (Å²) in [5, 5.41) is 19.0. The van der Waals surface area contributed by atoms with E-state index in [0.717, 1.165) is 4.57 Å². The lowest BCUT2D eigenvalue weighted by Crippen LogP contribution is -2.44. The third kappa shape index (κ3) is 2.57. The van der Waals surface area contributed by atoms with Crippen LogP contribution in [0.3, 0.4) is 0 Å². The minimum Gasteiger partial charge on any atom is -0.394 e. The molecule has 0 bridgehead atoms. The predicted molar refractivity (Wildman–Crippen MR) is 66.7 cm³/mol. The van der Waals surface area contributed by atoms with Crippen LogP contribution < -0.4 is 11.4 Å². The third-order valence-corrected chi connectivity index (χ3v) is 2.97. The molecule has 1 aliphatic heterocycles. The maximum atomic E-state index is 13.8. The van der Waals surface area contributed by atoms with E-state index in [4.69, 9.17) is 15.6 Å². The molecular weight excluding hydrogens is 281 g/mol. The lowest BCUT2D eigenvalue weighted by Gasteiger charge is -2.26. The number of hydrogen-bond donors (Lipinski definition) is 3. The summed E-state index contributed by atoms with van der Waals surface area (Å²) >= 11 is 0. The summed E-state index contributed by atoms with van der Waals surface area (Å²) in [6.07, 6.45) is -2.99. The van der Waals surface area contributed by atoms with Crippen LogP contribution in [0.2, 0.25) is 0 Å². The smallest absolute Gasteiger partial charge is 0.351 e. The first-order valence-electron chi connectivity index (χ1n) is 5.35. The number of nitrogens with two attached hydrogens (primary N) is 1. The highest BCUT2D eigenvalue weighted by molar-refractivity contribution is 5.85. The van der Waals surface area contributed by atoms with Crippen LogP contribution in [0.1, 0.15) is 13.2 Å². The zero-order valence-electron chi connectivity index (χ0n) is 10.1. The van der Waals surface area contributed by atoms with Crippen LogP contribution in [0.25, 0.3) is 0 Å². The Labute approximate surface area is 114 Å². The molecule has 0 radical (unpaired) electrons. The van der Waals surface area contributed by atoms with Crippen LogP contribution in [0, 0.1) is 0 Å². The van der Waals surface area contributed by atoms with Crippen LogP contribution in [-0.4, -0.2) is 44.2 Å². The first-order valence-corrected chi connectivity index (χ1v) is 5.35. The highest BCUT2D eigenvalue weighted by atomic mass is 35.5. The second-order valence-electron chi connectivity index (χ2n) is 4.38. The second kappa shape index (κ2) is 5.41. The van der Waals surface area contributed by atoms with Gasteiger partial charge in [-0.05, 0) is 13.0 Å². The Kier molecular flexibility index (Phi) is 4.51. The van der Waals surface area contributed by atoms with Gasteiger partial charge in [-0.15, -0.1) is 12.4 Å². The molecule has 19 heavy (non-hydrogen) atoms. The number of nitrogens with zero attached hydrogens (tertiary/aromatic N) is 2. The molecule has 4 N–H and O–H groups in total. The Hall–Kier alpha value is -1.22. The van der Waals surface area contributed by atoms with Crippen LogP contribution in [0.4, 0.5) is 10.2 Å². The normalized spacial score (nSPS) is 34.0. The number of aromatic nitrogens is 2. The van der Waals surface area contributed by atoms with Crippen LogP contribution in [0.15, 0.2) is 17.1 Å². The van der Waals surface area contributed by atoms with Crippen LogP contribution in [0.5, 0.6) is 0 Å². The van der Waals surface area contributed by atoms with Gasteiger partial charge < -0.3 is 20.7 Å². The van der Waals surface area contributed by atoms with Gasteiger partial charge in [0.2, 0.25) is 0 Å². The number of alkyl halides is 1. The molecule has 108 valence electrons. The number of rotatable bonds is 2. The van der Waals surface area contributed by atoms with E-state index >= 15 is 0 Å². The van der Waals surface area contributed by atoms with E-state index in [1.54, 1.807) is 0 Å². The molecule has 0 saturated carbocycles. The molecule has 2 rings (SSSR count). The lowest BCUT2D eigenvalue weighted by molar-refractivity contribution is -0.0932. The van der Waals surface area contributed by atoms with Gasteiger partial charge >= 0.3 is 5.69 Å². The molecule has 2 heterocycles. The average Bonchev–Trinajstić information content (AvgIpc) is 2.52. The summed E-state index contributed by atoms with van der Waals surface area (Å²) in [4.78, 5) is 15.1. The van der Waals surface area contributed by atoms with Gasteiger partial charge in [-0.3, -0.25) is 4.57 Å². The molecule has 1 saturated heterocycles. The van der Waals surface area contributed by atoms with Gasteiger partial charge in [0.05, 0.1) is 6.61 Å². The van der Waals surface area contributed by atoms with Crippen molar-refractivity contribution in [3.05, 3.63) is 22.7 Å². The van der Waals surface area contributed by atoms with Gasteiger partial charge in [0.15, 0.2) is 12.4 Å². The van der Waals surface area contributed by atoms with E-state index in [1.807, 2.05) is 0 Å². The van der Waals surface area contributed by atoms with Crippen LogP contribution in [-0.2, 0) is 4.74 Å². The van der Waals surface area contributed by atoms with E-state index in [2.05, 4.69) is 4.98 Å². The van der Waals surface area contributed by atoms with Crippen molar-refractivity contribution in [2.24, 2.45) is 0 Å². The average molecular weight is 296 g/mol. The number of ether oxygens (including phenoxy) is 1. The van der Waals surface area contributed by atoms with Crippen molar-refractivity contribution in [1.29, 1.82) is 0 Å². The molecule has 7 nitrogen and oxygen atoms in total. The minimum absolute atomic E-state index is 0. The Morgan fingerprint density at radius 3 is 2.79 bits per heavy atom. The largest absolute Gasteiger partial charge is 0.394 e. The molecule has 1 fully saturated rings. The number of aliphatic hydroxyl groups is 2. The Morgan fingerprint density at radius 1 is 1.68 bits per heavy atom. The minimum atomic E-state index is -1.94. The van der Waals surface area contributed by atoms with Gasteiger partial charge in [0.1, 0.15) is 17.5 Å². The fourth-order valence-electron chi connectivity index (χ4n) is 1.97. The van der Waals surface area contributed by atoms with E-state index in [0.29, 0.717) is 0 Å². The standard InChI is InChI=1S/C10H14FN3O4.ClH/c1-10(17)7(11)5(4-15)18-8(10)14-3-2-6(12)13-9(14)16;/h2-3,5,7-8,15,17H,4H2,1H3,(H2,12,13,16);1H/t5-,7-,8-,10-;/m1./s1. The van der Waals surface area contributed by atoms with Crippen molar-refractivity contribution in [2.75, 3.05) is 12.3 Å².